The molecule has 4 rings (SSSR count). The zero-order valence-corrected chi connectivity index (χ0v) is 16.8. The summed E-state index contributed by atoms with van der Waals surface area (Å²) in [5.74, 6) is -4.60. The van der Waals surface area contributed by atoms with E-state index in [0.29, 0.717) is 18.7 Å². The number of benzene rings is 1. The Kier molecular flexibility index (Phi) is 4.87. The van der Waals surface area contributed by atoms with Crippen molar-refractivity contribution in [1.29, 1.82) is 0 Å². The van der Waals surface area contributed by atoms with Gasteiger partial charge in [-0.05, 0) is 13.8 Å². The number of rotatable bonds is 3. The Bertz CT molecular complexity index is 1170. The van der Waals surface area contributed by atoms with Gasteiger partial charge in [0.25, 0.3) is 11.8 Å². The molecule has 3 heterocycles. The highest BCUT2D eigenvalue weighted by Gasteiger charge is 2.37. The Hall–Kier alpha value is -3.56. The quantitative estimate of drug-likeness (QED) is 0.752. The van der Waals surface area contributed by atoms with Gasteiger partial charge in [-0.2, -0.15) is 0 Å². The summed E-state index contributed by atoms with van der Waals surface area (Å²) in [6.07, 6.45) is 5.04. The van der Waals surface area contributed by atoms with Crippen molar-refractivity contribution in [3.05, 3.63) is 81.0 Å². The molecular weight excluding hydrogens is 413 g/mol. The van der Waals surface area contributed by atoms with Crippen LogP contribution in [0.25, 0.3) is 0 Å². The number of halogens is 3. The molecule has 0 atom stereocenters. The van der Waals surface area contributed by atoms with E-state index in [1.54, 1.807) is 4.90 Å². The molecule has 0 saturated carbocycles. The molecule has 1 aromatic carbocycles. The number of nitrogens with zero attached hydrogens (tertiary/aromatic N) is 3. The highest BCUT2D eigenvalue weighted by atomic mass is 19.1. The van der Waals surface area contributed by atoms with Crippen molar-refractivity contribution in [2.45, 2.75) is 25.9 Å². The van der Waals surface area contributed by atoms with Crippen LogP contribution in [0.5, 0.6) is 0 Å². The maximum atomic E-state index is 13.8. The maximum absolute atomic E-state index is 13.8. The zero-order chi connectivity index (χ0) is 22.5. The summed E-state index contributed by atoms with van der Waals surface area (Å²) in [4.78, 5) is 39.5. The fraction of sp³-hybridized carbons (Fsp3) is 0.286. The van der Waals surface area contributed by atoms with E-state index in [2.05, 4.69) is 5.32 Å². The van der Waals surface area contributed by atoms with Crippen LogP contribution in [-0.2, 0) is 6.54 Å². The Labute approximate surface area is 175 Å². The van der Waals surface area contributed by atoms with Gasteiger partial charge in [-0.25, -0.2) is 13.2 Å². The number of pyridine rings is 1. The van der Waals surface area contributed by atoms with E-state index in [9.17, 15) is 27.6 Å². The van der Waals surface area contributed by atoms with Gasteiger partial charge in [0.2, 0.25) is 0 Å². The highest BCUT2D eigenvalue weighted by molar-refractivity contribution is 5.97. The molecule has 2 aliphatic rings. The van der Waals surface area contributed by atoms with Crippen molar-refractivity contribution in [3.63, 3.8) is 0 Å². The fourth-order valence-electron chi connectivity index (χ4n) is 3.67. The summed E-state index contributed by atoms with van der Waals surface area (Å²) in [5.41, 5.74) is -1.94. The third-order valence-corrected chi connectivity index (χ3v) is 5.40. The van der Waals surface area contributed by atoms with Crippen molar-refractivity contribution < 1.29 is 22.8 Å². The normalized spacial score (nSPS) is 16.7. The van der Waals surface area contributed by atoms with Gasteiger partial charge in [0.15, 0.2) is 5.43 Å². The molecular formula is C21H19F3N4O3. The first kappa shape index (κ1) is 20.7. The Morgan fingerprint density at radius 2 is 1.81 bits per heavy atom. The fourth-order valence-corrected chi connectivity index (χ4v) is 3.67. The topological polar surface area (TPSA) is 74.7 Å². The molecule has 31 heavy (non-hydrogen) atoms. The van der Waals surface area contributed by atoms with E-state index in [1.807, 2.05) is 31.0 Å². The van der Waals surface area contributed by atoms with Gasteiger partial charge in [0, 0.05) is 43.0 Å². The van der Waals surface area contributed by atoms with Crippen LogP contribution in [0.1, 0.15) is 40.3 Å². The van der Waals surface area contributed by atoms with Crippen LogP contribution in [0.15, 0.2) is 41.3 Å². The molecule has 162 valence electrons. The molecule has 2 bridgehead atoms. The first-order valence-electron chi connectivity index (χ1n) is 9.52. The highest BCUT2D eigenvalue weighted by Crippen LogP contribution is 2.25. The summed E-state index contributed by atoms with van der Waals surface area (Å²) in [7, 11) is 0. The third kappa shape index (κ3) is 3.58. The largest absolute Gasteiger partial charge is 0.348 e. The summed E-state index contributed by atoms with van der Waals surface area (Å²) in [6.45, 7) is 3.91. The SMILES string of the molecule is CC1(C)C=CCN2CN1n1cc(C(=O)NCc3c(F)cc(F)cc3F)c(=O)cc1C2=O. The lowest BCUT2D eigenvalue weighted by Gasteiger charge is -2.45. The van der Waals surface area contributed by atoms with Gasteiger partial charge < -0.3 is 10.2 Å². The van der Waals surface area contributed by atoms with E-state index in [4.69, 9.17) is 0 Å². The number of hydrogen-bond acceptors (Lipinski definition) is 4. The summed E-state index contributed by atoms with van der Waals surface area (Å²) < 4.78 is 42.2. The standard InChI is InChI=1S/C21H19F3N4O3/c1-21(2)4-3-5-26-11-28(21)27-10-14(18(29)8-17(27)20(26)31)19(30)25-9-13-15(23)6-12(22)7-16(13)24/h3-4,6-8,10H,5,9,11H2,1-2H3,(H,25,30). The zero-order valence-electron chi connectivity index (χ0n) is 16.8. The lowest BCUT2D eigenvalue weighted by atomic mass is 10.0. The molecule has 0 unspecified atom stereocenters. The van der Waals surface area contributed by atoms with Gasteiger partial charge in [0.05, 0.1) is 5.54 Å². The summed E-state index contributed by atoms with van der Waals surface area (Å²) in [5, 5.41) is 4.10. The van der Waals surface area contributed by atoms with Crippen molar-refractivity contribution in [2.75, 3.05) is 18.2 Å². The van der Waals surface area contributed by atoms with Crippen molar-refractivity contribution in [2.24, 2.45) is 0 Å². The molecule has 2 aliphatic heterocycles. The lowest BCUT2D eigenvalue weighted by molar-refractivity contribution is 0.0703. The Balaban J connectivity index is 1.67. The Morgan fingerprint density at radius 3 is 2.48 bits per heavy atom. The average molecular weight is 432 g/mol. The molecule has 2 amide bonds. The molecule has 1 N–H and O–H groups in total. The number of carbonyl (C=O) groups is 2. The first-order chi connectivity index (χ1) is 14.6. The molecule has 0 saturated heterocycles. The average Bonchev–Trinajstić information content (AvgIpc) is 2.82. The monoisotopic (exact) mass is 432 g/mol. The lowest BCUT2D eigenvalue weighted by Crippen LogP contribution is -2.60. The van der Waals surface area contributed by atoms with Crippen LogP contribution in [0.2, 0.25) is 0 Å². The second-order valence-corrected chi connectivity index (χ2v) is 7.94. The Morgan fingerprint density at radius 1 is 1.13 bits per heavy atom. The molecule has 0 fully saturated rings. The number of amides is 2. The van der Waals surface area contributed by atoms with E-state index >= 15 is 0 Å². The molecule has 7 nitrogen and oxygen atoms in total. The van der Waals surface area contributed by atoms with Crippen LogP contribution in [0, 0.1) is 17.5 Å². The summed E-state index contributed by atoms with van der Waals surface area (Å²) >= 11 is 0. The minimum Gasteiger partial charge on any atom is -0.348 e. The second kappa shape index (κ2) is 7.29. The maximum Gasteiger partial charge on any atom is 0.274 e. The number of hydrogen-bond donors (Lipinski definition) is 1. The van der Waals surface area contributed by atoms with Crippen LogP contribution >= 0.6 is 0 Å². The van der Waals surface area contributed by atoms with E-state index in [0.717, 1.165) is 6.07 Å². The van der Waals surface area contributed by atoms with Gasteiger partial charge in [-0.1, -0.05) is 12.2 Å². The van der Waals surface area contributed by atoms with Crippen LogP contribution < -0.4 is 15.8 Å². The number of nitrogens with one attached hydrogen (secondary N) is 1. The van der Waals surface area contributed by atoms with Gasteiger partial charge in [0.1, 0.15) is 35.4 Å². The first-order valence-corrected chi connectivity index (χ1v) is 9.52. The predicted molar refractivity (Wildman–Crippen MR) is 106 cm³/mol. The van der Waals surface area contributed by atoms with Gasteiger partial charge >= 0.3 is 0 Å². The molecule has 0 radical (unpaired) electrons. The smallest absolute Gasteiger partial charge is 0.274 e. The number of fused-ring (bicyclic) bond motifs is 4. The van der Waals surface area contributed by atoms with Crippen LogP contribution in [0.3, 0.4) is 0 Å². The van der Waals surface area contributed by atoms with Crippen molar-refractivity contribution in [1.82, 2.24) is 14.9 Å². The minimum atomic E-state index is -1.15. The van der Waals surface area contributed by atoms with Gasteiger partial charge in [-0.3, -0.25) is 24.1 Å². The van der Waals surface area contributed by atoms with Crippen molar-refractivity contribution in [3.8, 4) is 0 Å². The van der Waals surface area contributed by atoms with Crippen LogP contribution in [-0.4, -0.2) is 40.1 Å². The molecule has 10 heteroatoms. The van der Waals surface area contributed by atoms with Gasteiger partial charge in [-0.15, -0.1) is 0 Å². The van der Waals surface area contributed by atoms with Crippen LogP contribution in [0.4, 0.5) is 13.2 Å². The van der Waals surface area contributed by atoms with E-state index in [1.165, 1.54) is 10.9 Å². The molecule has 1 aromatic heterocycles. The molecule has 2 aromatic rings. The number of carbonyl (C=O) groups excluding carboxylic acids is 2. The third-order valence-electron chi connectivity index (χ3n) is 5.40. The molecule has 0 spiro atoms. The predicted octanol–water partition coefficient (Wildman–Crippen LogP) is 1.90. The second-order valence-electron chi connectivity index (χ2n) is 7.94. The van der Waals surface area contributed by atoms with Crippen molar-refractivity contribution >= 4 is 11.8 Å². The summed E-state index contributed by atoms with van der Waals surface area (Å²) in [6, 6.07) is 2.09. The van der Waals surface area contributed by atoms with E-state index < -0.39 is 46.4 Å². The van der Waals surface area contributed by atoms with E-state index in [-0.39, 0.29) is 23.8 Å². The molecule has 0 aliphatic carbocycles. The minimum absolute atomic E-state index is 0.111. The number of aromatic nitrogens is 1.